The highest BCUT2D eigenvalue weighted by molar-refractivity contribution is 7.09. The van der Waals surface area contributed by atoms with Gasteiger partial charge in [0.1, 0.15) is 10.9 Å². The number of carbonyl (C=O) groups excluding carboxylic acids is 3. The number of hydrogen-bond acceptors (Lipinski definition) is 8. The van der Waals surface area contributed by atoms with Crippen molar-refractivity contribution >= 4 is 40.6 Å². The van der Waals surface area contributed by atoms with E-state index in [0.29, 0.717) is 22.7 Å². The van der Waals surface area contributed by atoms with Crippen molar-refractivity contribution in [1.82, 2.24) is 9.69 Å². The van der Waals surface area contributed by atoms with Gasteiger partial charge < -0.3 is 26.3 Å². The molecule has 0 saturated carbocycles. The maximum Gasteiger partial charge on any atom is 0.273 e. The van der Waals surface area contributed by atoms with Crippen LogP contribution in [0.4, 0.5) is 11.4 Å². The molecule has 10 nitrogen and oxygen atoms in total. The highest BCUT2D eigenvalue weighted by atomic mass is 32.1. The molecule has 0 unspecified atom stereocenters. The number of nitrogens with zero attached hydrogens (tertiary/aromatic N) is 2. The monoisotopic (exact) mass is 559 g/mol. The van der Waals surface area contributed by atoms with Gasteiger partial charge in [-0.3, -0.25) is 19.3 Å². The number of amides is 3. The number of nitrogen functional groups attached to an aromatic ring is 1. The zero-order valence-corrected chi connectivity index (χ0v) is 23.0. The summed E-state index contributed by atoms with van der Waals surface area (Å²) in [6.45, 7) is 2.10. The Kier molecular flexibility index (Phi) is 8.65. The van der Waals surface area contributed by atoms with Gasteiger partial charge in [0.2, 0.25) is 5.91 Å². The van der Waals surface area contributed by atoms with Crippen molar-refractivity contribution in [2.45, 2.75) is 19.5 Å². The van der Waals surface area contributed by atoms with E-state index in [1.165, 1.54) is 19.1 Å². The Labute approximate surface area is 235 Å². The summed E-state index contributed by atoms with van der Waals surface area (Å²) >= 11 is 0.745. The molecule has 0 spiro atoms. The van der Waals surface area contributed by atoms with Crippen molar-refractivity contribution in [3.63, 3.8) is 0 Å². The Morgan fingerprint density at radius 3 is 2.33 bits per heavy atom. The average Bonchev–Trinajstić information content (AvgIpc) is 3.35. The van der Waals surface area contributed by atoms with Gasteiger partial charge in [0, 0.05) is 12.2 Å². The summed E-state index contributed by atoms with van der Waals surface area (Å²) in [5.74, 6) is -1.09. The third-order valence-electron chi connectivity index (χ3n) is 6.19. The SMILES string of the molecule is COc1ccc([C@@H](C(=O)NCc2ccccc2)N(C(=O)c2snc(C(N)=O)c2N)c2cccc(C)c2)cc1OC. The molecule has 5 N–H and O–H groups in total. The van der Waals surface area contributed by atoms with Crippen LogP contribution in [0.3, 0.4) is 0 Å². The minimum absolute atomic E-state index is 0.0170. The summed E-state index contributed by atoms with van der Waals surface area (Å²) in [6.07, 6.45) is 0. The molecule has 11 heteroatoms. The number of nitrogens with one attached hydrogen (secondary N) is 1. The predicted octanol–water partition coefficient (Wildman–Crippen LogP) is 3.85. The Morgan fingerprint density at radius 2 is 1.70 bits per heavy atom. The molecule has 1 heterocycles. The number of benzene rings is 3. The topological polar surface area (TPSA) is 150 Å². The number of anilines is 2. The van der Waals surface area contributed by atoms with E-state index in [0.717, 1.165) is 22.7 Å². The van der Waals surface area contributed by atoms with Crippen LogP contribution in [0.15, 0.2) is 72.8 Å². The van der Waals surface area contributed by atoms with Gasteiger partial charge in [0.05, 0.1) is 19.9 Å². The van der Waals surface area contributed by atoms with Crippen molar-refractivity contribution in [2.24, 2.45) is 5.73 Å². The molecule has 0 aliphatic rings. The highest BCUT2D eigenvalue weighted by Gasteiger charge is 2.36. The minimum Gasteiger partial charge on any atom is -0.493 e. The fraction of sp³-hybridized carbons (Fsp3) is 0.172. The van der Waals surface area contributed by atoms with Gasteiger partial charge in [0.15, 0.2) is 17.2 Å². The first-order chi connectivity index (χ1) is 19.2. The van der Waals surface area contributed by atoms with Gasteiger partial charge in [-0.05, 0) is 59.4 Å². The number of aromatic nitrogens is 1. The van der Waals surface area contributed by atoms with E-state index >= 15 is 0 Å². The van der Waals surface area contributed by atoms with Gasteiger partial charge in [-0.2, -0.15) is 4.37 Å². The molecule has 4 rings (SSSR count). The molecule has 0 saturated heterocycles. The summed E-state index contributed by atoms with van der Waals surface area (Å²) in [7, 11) is 2.99. The van der Waals surface area contributed by atoms with Crippen LogP contribution >= 0.6 is 11.5 Å². The molecule has 206 valence electrons. The molecule has 1 aromatic heterocycles. The number of ether oxygens (including phenoxy) is 2. The lowest BCUT2D eigenvalue weighted by atomic mass is 10.0. The molecular formula is C29H29N5O5S. The van der Waals surface area contributed by atoms with E-state index in [2.05, 4.69) is 9.69 Å². The van der Waals surface area contributed by atoms with E-state index in [-0.39, 0.29) is 22.8 Å². The lowest BCUT2D eigenvalue weighted by molar-refractivity contribution is -0.122. The molecule has 40 heavy (non-hydrogen) atoms. The van der Waals surface area contributed by atoms with Crippen LogP contribution in [0.25, 0.3) is 0 Å². The number of primary amides is 1. The molecule has 4 aromatic rings. The molecule has 3 aromatic carbocycles. The Balaban J connectivity index is 1.88. The van der Waals surface area contributed by atoms with Crippen molar-refractivity contribution < 1.29 is 23.9 Å². The van der Waals surface area contributed by atoms with Crippen molar-refractivity contribution in [2.75, 3.05) is 24.9 Å². The average molecular weight is 560 g/mol. The van der Waals surface area contributed by atoms with Gasteiger partial charge in [-0.1, -0.05) is 48.5 Å². The highest BCUT2D eigenvalue weighted by Crippen LogP contribution is 2.37. The normalized spacial score (nSPS) is 11.4. The summed E-state index contributed by atoms with van der Waals surface area (Å²) < 4.78 is 14.9. The van der Waals surface area contributed by atoms with Gasteiger partial charge in [0.25, 0.3) is 11.8 Å². The fourth-order valence-corrected chi connectivity index (χ4v) is 4.96. The molecule has 1 atom stereocenters. The van der Waals surface area contributed by atoms with Gasteiger partial charge in [-0.15, -0.1) is 0 Å². The van der Waals surface area contributed by atoms with E-state index in [1.807, 2.05) is 43.3 Å². The quantitative estimate of drug-likeness (QED) is 0.267. The molecule has 0 fully saturated rings. The smallest absolute Gasteiger partial charge is 0.273 e. The predicted molar refractivity (Wildman–Crippen MR) is 154 cm³/mol. The van der Waals surface area contributed by atoms with Crippen molar-refractivity contribution in [3.05, 3.63) is 100 Å². The lowest BCUT2D eigenvalue weighted by Crippen LogP contribution is -2.44. The standard InChI is InChI=1S/C29H29N5O5S/c1-17-8-7-11-20(14-17)34(29(37)26-23(30)24(27(31)35)33-40-26)25(19-12-13-21(38-2)22(15-19)39-3)28(36)32-16-18-9-5-4-6-10-18/h4-15,25H,16,30H2,1-3H3,(H2,31,35)(H,32,36)/t25-/m0/s1. The Bertz CT molecular complexity index is 1540. The van der Waals surface area contributed by atoms with Crippen LogP contribution in [0.1, 0.15) is 42.9 Å². The fourth-order valence-electron chi connectivity index (χ4n) is 4.22. The van der Waals surface area contributed by atoms with Crippen molar-refractivity contribution in [1.29, 1.82) is 0 Å². The maximum atomic E-state index is 14.2. The van der Waals surface area contributed by atoms with E-state index in [9.17, 15) is 14.4 Å². The summed E-state index contributed by atoms with van der Waals surface area (Å²) in [5.41, 5.74) is 13.8. The largest absolute Gasteiger partial charge is 0.493 e. The van der Waals surface area contributed by atoms with Crippen LogP contribution < -0.4 is 31.2 Å². The number of methoxy groups -OCH3 is 2. The van der Waals surface area contributed by atoms with Crippen LogP contribution in [0, 0.1) is 6.92 Å². The number of rotatable bonds is 10. The van der Waals surface area contributed by atoms with Crippen LogP contribution in [0.2, 0.25) is 0 Å². The van der Waals surface area contributed by atoms with Crippen molar-refractivity contribution in [3.8, 4) is 11.5 Å². The van der Waals surface area contributed by atoms with Gasteiger partial charge in [-0.25, -0.2) is 0 Å². The first-order valence-electron chi connectivity index (χ1n) is 12.2. The third-order valence-corrected chi connectivity index (χ3v) is 7.04. The van der Waals surface area contributed by atoms with E-state index in [1.54, 1.807) is 36.4 Å². The second-order valence-corrected chi connectivity index (χ2v) is 9.65. The van der Waals surface area contributed by atoms with E-state index < -0.39 is 23.8 Å². The first-order valence-corrected chi connectivity index (χ1v) is 13.0. The Morgan fingerprint density at radius 1 is 0.975 bits per heavy atom. The summed E-state index contributed by atoms with van der Waals surface area (Å²) in [5, 5.41) is 2.95. The number of nitrogens with two attached hydrogens (primary N) is 2. The van der Waals surface area contributed by atoms with Gasteiger partial charge >= 0.3 is 0 Å². The van der Waals surface area contributed by atoms with Crippen LogP contribution in [0.5, 0.6) is 11.5 Å². The zero-order valence-electron chi connectivity index (χ0n) is 22.2. The number of aryl methyl sites for hydroxylation is 1. The number of hydrogen-bond donors (Lipinski definition) is 3. The lowest BCUT2D eigenvalue weighted by Gasteiger charge is -2.32. The Hall–Kier alpha value is -4.90. The minimum atomic E-state index is -1.17. The molecule has 0 aliphatic heterocycles. The van der Waals surface area contributed by atoms with Crippen LogP contribution in [-0.4, -0.2) is 36.3 Å². The van der Waals surface area contributed by atoms with E-state index in [4.69, 9.17) is 20.9 Å². The molecular weight excluding hydrogens is 530 g/mol. The van der Waals surface area contributed by atoms with Crippen LogP contribution in [-0.2, 0) is 11.3 Å². The molecule has 0 radical (unpaired) electrons. The second kappa shape index (κ2) is 12.3. The zero-order chi connectivity index (χ0) is 28.8. The first kappa shape index (κ1) is 28.1. The summed E-state index contributed by atoms with van der Waals surface area (Å²) in [6, 6.07) is 20.4. The molecule has 3 amide bonds. The number of carbonyl (C=O) groups is 3. The third kappa shape index (κ3) is 5.89. The molecule has 0 aliphatic carbocycles. The maximum absolute atomic E-state index is 14.2. The summed E-state index contributed by atoms with van der Waals surface area (Å²) in [4.78, 5) is 41.4. The molecule has 0 bridgehead atoms. The second-order valence-electron chi connectivity index (χ2n) is 8.87.